The van der Waals surface area contributed by atoms with Crippen molar-refractivity contribution in [3.05, 3.63) is 24.0 Å². The third kappa shape index (κ3) is 1.72. The van der Waals surface area contributed by atoms with Crippen LogP contribution in [0.3, 0.4) is 0 Å². The Hall–Kier alpha value is -1.05. The van der Waals surface area contributed by atoms with Crippen molar-refractivity contribution in [3.63, 3.8) is 0 Å². The smallest absolute Gasteiger partial charge is 0.171 e. The van der Waals surface area contributed by atoms with E-state index in [9.17, 15) is 0 Å². The lowest BCUT2D eigenvalue weighted by Gasteiger charge is -1.80. The van der Waals surface area contributed by atoms with Crippen LogP contribution in [0.25, 0.3) is 0 Å². The molecule has 0 fully saturated rings. The standard InChI is InChI=1S/C7H10N2/c1-9(2)6-7-3-4-8-5-7/h3-6H,1-2H3/p+1. The van der Waals surface area contributed by atoms with E-state index >= 15 is 0 Å². The highest BCUT2D eigenvalue weighted by Crippen LogP contribution is 1.89. The SMILES string of the molecule is C[N+](C)=Cc1cc[nH]c1. The monoisotopic (exact) mass is 123 g/mol. The van der Waals surface area contributed by atoms with E-state index in [4.69, 9.17) is 0 Å². The second-order valence-electron chi connectivity index (χ2n) is 2.24. The van der Waals surface area contributed by atoms with Gasteiger partial charge in [0.2, 0.25) is 0 Å². The molecule has 2 heteroatoms. The Kier molecular flexibility index (Phi) is 1.68. The van der Waals surface area contributed by atoms with Crippen LogP contribution in [0.5, 0.6) is 0 Å². The van der Waals surface area contributed by atoms with Crippen LogP contribution in [0.1, 0.15) is 5.56 Å². The molecule has 1 N–H and O–H groups in total. The van der Waals surface area contributed by atoms with Gasteiger partial charge in [0.25, 0.3) is 0 Å². The summed E-state index contributed by atoms with van der Waals surface area (Å²) in [5.74, 6) is 0. The Bertz CT molecular complexity index is 193. The molecule has 0 aliphatic rings. The molecule has 1 heterocycles. The van der Waals surface area contributed by atoms with E-state index in [0.29, 0.717) is 0 Å². The van der Waals surface area contributed by atoms with Crippen molar-refractivity contribution >= 4 is 6.21 Å². The van der Waals surface area contributed by atoms with Gasteiger partial charge in [-0.15, -0.1) is 0 Å². The average molecular weight is 123 g/mol. The van der Waals surface area contributed by atoms with Crippen molar-refractivity contribution in [1.29, 1.82) is 0 Å². The van der Waals surface area contributed by atoms with E-state index in [1.807, 2.05) is 37.1 Å². The van der Waals surface area contributed by atoms with E-state index in [0.717, 1.165) is 0 Å². The van der Waals surface area contributed by atoms with E-state index in [1.54, 1.807) is 0 Å². The molecule has 0 aliphatic heterocycles. The van der Waals surface area contributed by atoms with Crippen LogP contribution in [0.4, 0.5) is 0 Å². The topological polar surface area (TPSA) is 18.8 Å². The van der Waals surface area contributed by atoms with Crippen LogP contribution in [-0.2, 0) is 0 Å². The molecule has 0 bridgehead atoms. The normalized spacial score (nSPS) is 9.11. The number of H-pyrrole nitrogens is 1. The van der Waals surface area contributed by atoms with Gasteiger partial charge in [0.15, 0.2) is 6.21 Å². The molecule has 1 aromatic heterocycles. The number of nitrogens with zero attached hydrogens (tertiary/aromatic N) is 1. The maximum Gasteiger partial charge on any atom is 0.171 e. The van der Waals surface area contributed by atoms with Crippen LogP contribution in [-0.4, -0.2) is 29.9 Å². The zero-order chi connectivity index (χ0) is 6.69. The van der Waals surface area contributed by atoms with Crippen LogP contribution < -0.4 is 0 Å². The predicted molar refractivity (Wildman–Crippen MR) is 38.1 cm³/mol. The average Bonchev–Trinajstić information content (AvgIpc) is 2.15. The summed E-state index contributed by atoms with van der Waals surface area (Å²) < 4.78 is 2.02. The number of aromatic nitrogens is 1. The molecule has 9 heavy (non-hydrogen) atoms. The second kappa shape index (κ2) is 2.49. The Labute approximate surface area is 54.8 Å². The van der Waals surface area contributed by atoms with Crippen molar-refractivity contribution in [2.24, 2.45) is 0 Å². The van der Waals surface area contributed by atoms with Crippen LogP contribution in [0, 0.1) is 0 Å². The lowest BCUT2D eigenvalue weighted by atomic mass is 10.4. The molecule has 0 aromatic carbocycles. The summed E-state index contributed by atoms with van der Waals surface area (Å²) >= 11 is 0. The largest absolute Gasteiger partial charge is 0.367 e. The van der Waals surface area contributed by atoms with Gasteiger partial charge in [-0.2, -0.15) is 0 Å². The summed E-state index contributed by atoms with van der Waals surface area (Å²) in [6.07, 6.45) is 5.92. The first kappa shape index (κ1) is 6.08. The van der Waals surface area contributed by atoms with Crippen LogP contribution in [0.2, 0.25) is 0 Å². The molecule has 0 radical (unpaired) electrons. The van der Waals surface area contributed by atoms with E-state index in [1.165, 1.54) is 5.56 Å². The number of hydrogen-bond acceptors (Lipinski definition) is 0. The molecule has 48 valence electrons. The molecule has 0 aliphatic carbocycles. The summed E-state index contributed by atoms with van der Waals surface area (Å²) in [5, 5.41) is 0. The molecule has 1 aromatic rings. The Balaban J connectivity index is 2.80. The molecule has 0 saturated heterocycles. The number of hydrogen-bond donors (Lipinski definition) is 1. The van der Waals surface area contributed by atoms with Gasteiger partial charge < -0.3 is 4.98 Å². The van der Waals surface area contributed by atoms with Gasteiger partial charge in [-0.05, 0) is 6.07 Å². The van der Waals surface area contributed by atoms with Gasteiger partial charge in [0.05, 0.1) is 5.56 Å². The van der Waals surface area contributed by atoms with Crippen molar-refractivity contribution in [2.75, 3.05) is 14.1 Å². The summed E-state index contributed by atoms with van der Waals surface area (Å²) in [6, 6.07) is 2.03. The van der Waals surface area contributed by atoms with Gasteiger partial charge in [0.1, 0.15) is 14.1 Å². The predicted octanol–water partition coefficient (Wildman–Crippen LogP) is 0.706. The number of nitrogens with one attached hydrogen (secondary N) is 1. The summed E-state index contributed by atoms with van der Waals surface area (Å²) in [4.78, 5) is 2.98. The third-order valence-electron chi connectivity index (χ3n) is 1.03. The van der Waals surface area contributed by atoms with E-state index < -0.39 is 0 Å². The van der Waals surface area contributed by atoms with Crippen LogP contribution in [0.15, 0.2) is 18.5 Å². The molecule has 0 spiro atoms. The summed E-state index contributed by atoms with van der Waals surface area (Å²) in [6.45, 7) is 0. The minimum atomic E-state index is 1.21. The first-order valence-electron chi connectivity index (χ1n) is 2.93. The Morgan fingerprint density at radius 3 is 2.78 bits per heavy atom. The van der Waals surface area contributed by atoms with Crippen molar-refractivity contribution in [3.8, 4) is 0 Å². The lowest BCUT2D eigenvalue weighted by molar-refractivity contribution is -0.458. The molecule has 2 nitrogen and oxygen atoms in total. The van der Waals surface area contributed by atoms with E-state index in [2.05, 4.69) is 11.2 Å². The van der Waals surface area contributed by atoms with Gasteiger partial charge >= 0.3 is 0 Å². The van der Waals surface area contributed by atoms with E-state index in [-0.39, 0.29) is 0 Å². The van der Waals surface area contributed by atoms with Crippen molar-refractivity contribution < 1.29 is 4.58 Å². The zero-order valence-electron chi connectivity index (χ0n) is 5.76. The number of aromatic amines is 1. The molecular weight excluding hydrogens is 112 g/mol. The Morgan fingerprint density at radius 2 is 2.33 bits per heavy atom. The first-order valence-corrected chi connectivity index (χ1v) is 2.93. The van der Waals surface area contributed by atoms with Gasteiger partial charge in [-0.25, -0.2) is 4.58 Å². The second-order valence-corrected chi connectivity index (χ2v) is 2.24. The highest BCUT2D eigenvalue weighted by Gasteiger charge is 1.88. The first-order chi connectivity index (χ1) is 4.29. The third-order valence-corrected chi connectivity index (χ3v) is 1.03. The maximum absolute atomic E-state index is 2.98. The van der Waals surface area contributed by atoms with Gasteiger partial charge in [-0.1, -0.05) is 0 Å². The molecule has 0 unspecified atom stereocenters. The number of rotatable bonds is 1. The highest BCUT2D eigenvalue weighted by molar-refractivity contribution is 5.74. The molecular formula is C7H11N2+. The van der Waals surface area contributed by atoms with Crippen molar-refractivity contribution in [2.45, 2.75) is 0 Å². The molecule has 0 atom stereocenters. The van der Waals surface area contributed by atoms with Gasteiger partial charge in [0, 0.05) is 12.4 Å². The summed E-state index contributed by atoms with van der Waals surface area (Å²) in [7, 11) is 4.01. The lowest BCUT2D eigenvalue weighted by Crippen LogP contribution is -1.97. The molecule has 0 amide bonds. The van der Waals surface area contributed by atoms with Gasteiger partial charge in [-0.3, -0.25) is 0 Å². The van der Waals surface area contributed by atoms with Crippen molar-refractivity contribution in [1.82, 2.24) is 4.98 Å². The van der Waals surface area contributed by atoms with Crippen LogP contribution >= 0.6 is 0 Å². The molecule has 0 saturated carbocycles. The molecule has 1 rings (SSSR count). The fourth-order valence-corrected chi connectivity index (χ4v) is 0.715. The quantitative estimate of drug-likeness (QED) is 0.419. The maximum atomic E-state index is 2.98. The fraction of sp³-hybridized carbons (Fsp3) is 0.286. The zero-order valence-corrected chi connectivity index (χ0v) is 5.76. The Morgan fingerprint density at radius 1 is 1.56 bits per heavy atom. The minimum absolute atomic E-state index is 1.21. The highest BCUT2D eigenvalue weighted by atomic mass is 14.9. The fourth-order valence-electron chi connectivity index (χ4n) is 0.715. The summed E-state index contributed by atoms with van der Waals surface area (Å²) in [5.41, 5.74) is 1.21. The minimum Gasteiger partial charge on any atom is -0.367 e.